The average Bonchev–Trinajstić information content (AvgIpc) is 2.82. The van der Waals surface area contributed by atoms with Crippen molar-refractivity contribution in [3.8, 4) is 0 Å². The van der Waals surface area contributed by atoms with Crippen molar-refractivity contribution >= 4 is 11.9 Å². The highest BCUT2D eigenvalue weighted by atomic mass is 16.6. The molecule has 1 aliphatic rings. The Morgan fingerprint density at radius 3 is 2.11 bits per heavy atom. The van der Waals surface area contributed by atoms with Gasteiger partial charge in [-0.1, -0.05) is 87.9 Å². The van der Waals surface area contributed by atoms with E-state index in [1.54, 1.807) is 0 Å². The number of nitrogens with two attached hydrogens (primary N) is 1. The molecule has 5 nitrogen and oxygen atoms in total. The fourth-order valence-electron chi connectivity index (χ4n) is 5.45. The normalized spacial score (nSPS) is 22.4. The van der Waals surface area contributed by atoms with Gasteiger partial charge in [0.1, 0.15) is 17.7 Å². The maximum absolute atomic E-state index is 13.4. The van der Waals surface area contributed by atoms with Gasteiger partial charge in [0.15, 0.2) is 0 Å². The average molecular weight is 494 g/mol. The summed E-state index contributed by atoms with van der Waals surface area (Å²) in [6.45, 7) is 12.1. The van der Waals surface area contributed by atoms with Crippen LogP contribution in [-0.2, 0) is 24.5 Å². The molecule has 5 heteroatoms. The van der Waals surface area contributed by atoms with Gasteiger partial charge < -0.3 is 15.2 Å². The molecule has 0 saturated heterocycles. The topological polar surface area (TPSA) is 78.6 Å². The molecule has 0 aliphatic heterocycles. The maximum Gasteiger partial charge on any atom is 0.324 e. The second kappa shape index (κ2) is 11.6. The van der Waals surface area contributed by atoms with Crippen molar-refractivity contribution in [2.75, 3.05) is 0 Å². The zero-order chi connectivity index (χ0) is 26.5. The molecule has 196 valence electrons. The highest BCUT2D eigenvalue weighted by Gasteiger charge is 2.42. The van der Waals surface area contributed by atoms with Crippen LogP contribution in [0.15, 0.2) is 60.7 Å². The zero-order valence-corrected chi connectivity index (χ0v) is 22.7. The lowest BCUT2D eigenvalue weighted by Crippen LogP contribution is -2.45. The predicted octanol–water partition coefficient (Wildman–Crippen LogP) is 6.16. The smallest absolute Gasteiger partial charge is 0.324 e. The quantitative estimate of drug-likeness (QED) is 0.446. The van der Waals surface area contributed by atoms with Crippen molar-refractivity contribution in [1.29, 1.82) is 0 Å². The van der Waals surface area contributed by atoms with Gasteiger partial charge in [-0.15, -0.1) is 0 Å². The number of hydrogen-bond donors (Lipinski definition) is 1. The van der Waals surface area contributed by atoms with Crippen LogP contribution in [0.3, 0.4) is 0 Å². The van der Waals surface area contributed by atoms with E-state index < -0.39 is 23.5 Å². The Morgan fingerprint density at radius 2 is 1.53 bits per heavy atom. The van der Waals surface area contributed by atoms with Gasteiger partial charge in [-0.2, -0.15) is 0 Å². The fraction of sp³-hybridized carbons (Fsp3) is 0.548. The van der Waals surface area contributed by atoms with Crippen LogP contribution < -0.4 is 5.73 Å². The highest BCUT2D eigenvalue weighted by Crippen LogP contribution is 2.44. The van der Waals surface area contributed by atoms with E-state index in [0.29, 0.717) is 5.92 Å². The van der Waals surface area contributed by atoms with Crippen LogP contribution in [0, 0.1) is 11.8 Å². The maximum atomic E-state index is 13.4. The molecular formula is C31H43NO4. The summed E-state index contributed by atoms with van der Waals surface area (Å²) in [6, 6.07) is 18.9. The number of ether oxygens (including phenoxy) is 2. The van der Waals surface area contributed by atoms with Crippen molar-refractivity contribution in [2.45, 2.75) is 96.3 Å². The van der Waals surface area contributed by atoms with Gasteiger partial charge in [0.2, 0.25) is 0 Å². The molecule has 2 N–H and O–H groups in total. The minimum absolute atomic E-state index is 0.0216. The van der Waals surface area contributed by atoms with Gasteiger partial charge in [0, 0.05) is 11.8 Å². The summed E-state index contributed by atoms with van der Waals surface area (Å²) in [7, 11) is 0. The molecule has 1 saturated carbocycles. The van der Waals surface area contributed by atoms with Crippen LogP contribution in [0.5, 0.6) is 0 Å². The number of carbonyl (C=O) groups is 2. The van der Waals surface area contributed by atoms with Crippen molar-refractivity contribution in [3.63, 3.8) is 0 Å². The summed E-state index contributed by atoms with van der Waals surface area (Å²) in [5, 5.41) is 0. The predicted molar refractivity (Wildman–Crippen MR) is 143 cm³/mol. The first-order valence-electron chi connectivity index (χ1n) is 13.2. The lowest BCUT2D eigenvalue weighted by Gasteiger charge is -2.44. The Bertz CT molecular complexity index is 996. The molecule has 0 bridgehead atoms. The third kappa shape index (κ3) is 7.19. The number of benzene rings is 2. The van der Waals surface area contributed by atoms with Crippen LogP contribution in [0.1, 0.15) is 84.3 Å². The Balaban J connectivity index is 1.80. The molecule has 2 aromatic rings. The fourth-order valence-corrected chi connectivity index (χ4v) is 5.45. The monoisotopic (exact) mass is 493 g/mol. The summed E-state index contributed by atoms with van der Waals surface area (Å²) in [5.41, 5.74) is 7.67. The van der Waals surface area contributed by atoms with Crippen molar-refractivity contribution in [1.82, 2.24) is 0 Å². The summed E-state index contributed by atoms with van der Waals surface area (Å²) in [5.74, 6) is -0.682. The molecule has 1 fully saturated rings. The van der Waals surface area contributed by atoms with E-state index >= 15 is 0 Å². The molecule has 5 atom stereocenters. The van der Waals surface area contributed by atoms with Crippen LogP contribution in [0.2, 0.25) is 0 Å². The van der Waals surface area contributed by atoms with Gasteiger partial charge in [-0.25, -0.2) is 0 Å². The Kier molecular flexibility index (Phi) is 8.99. The Hall–Kier alpha value is -2.66. The van der Waals surface area contributed by atoms with E-state index in [0.717, 1.165) is 24.8 Å². The summed E-state index contributed by atoms with van der Waals surface area (Å²) >= 11 is 0. The molecule has 1 aliphatic carbocycles. The van der Waals surface area contributed by atoms with E-state index in [1.807, 2.05) is 57.2 Å². The van der Waals surface area contributed by atoms with Gasteiger partial charge in [-0.3, -0.25) is 9.59 Å². The van der Waals surface area contributed by atoms with E-state index in [4.69, 9.17) is 15.2 Å². The standard InChI is InChI=1S/C31H43NO4/c1-21-17-18-25(31(5,6)23-15-11-8-12-16-23)26(19-21)35-27(33)20-24(22-13-9-7-10-14-22)28(32)29(34)36-30(2,3)4/h7-16,21,24-26,28H,17-20,32H2,1-6H3/t21-,24+,25-,26-,28-/m1/s1. The van der Waals surface area contributed by atoms with E-state index in [2.05, 4.69) is 45.0 Å². The highest BCUT2D eigenvalue weighted by molar-refractivity contribution is 5.79. The summed E-state index contributed by atoms with van der Waals surface area (Å²) < 4.78 is 11.8. The Morgan fingerprint density at radius 1 is 0.944 bits per heavy atom. The van der Waals surface area contributed by atoms with Gasteiger partial charge >= 0.3 is 11.9 Å². The molecule has 0 heterocycles. The van der Waals surface area contributed by atoms with E-state index in [-0.39, 0.29) is 29.8 Å². The summed E-state index contributed by atoms with van der Waals surface area (Å²) in [4.78, 5) is 26.2. The van der Waals surface area contributed by atoms with Gasteiger partial charge in [0.05, 0.1) is 6.42 Å². The molecule has 2 aromatic carbocycles. The third-order valence-electron chi connectivity index (χ3n) is 7.51. The summed E-state index contributed by atoms with van der Waals surface area (Å²) in [6.07, 6.45) is 2.78. The molecule has 3 rings (SSSR count). The van der Waals surface area contributed by atoms with Crippen LogP contribution in [0.4, 0.5) is 0 Å². The SMILES string of the molecule is C[C@@H]1CC[C@@H](C(C)(C)c2ccccc2)[C@H](OC(=O)C[C@@H](c2ccccc2)[C@@H](N)C(=O)OC(C)(C)C)C1. The van der Waals surface area contributed by atoms with Crippen LogP contribution in [0.25, 0.3) is 0 Å². The van der Waals surface area contributed by atoms with Crippen LogP contribution in [-0.4, -0.2) is 29.7 Å². The lowest BCUT2D eigenvalue weighted by atomic mass is 9.64. The van der Waals surface area contributed by atoms with E-state index in [1.165, 1.54) is 5.56 Å². The number of rotatable bonds is 8. The second-order valence-corrected chi connectivity index (χ2v) is 11.9. The molecule has 0 aromatic heterocycles. The molecule has 0 amide bonds. The van der Waals surface area contributed by atoms with Crippen molar-refractivity contribution < 1.29 is 19.1 Å². The molecule has 0 radical (unpaired) electrons. The lowest BCUT2D eigenvalue weighted by molar-refractivity contribution is -0.159. The first kappa shape index (κ1) is 27.9. The van der Waals surface area contributed by atoms with E-state index in [9.17, 15) is 9.59 Å². The number of carbonyl (C=O) groups excluding carboxylic acids is 2. The second-order valence-electron chi connectivity index (χ2n) is 11.9. The first-order valence-corrected chi connectivity index (χ1v) is 13.2. The molecule has 36 heavy (non-hydrogen) atoms. The van der Waals surface area contributed by atoms with Gasteiger partial charge in [-0.05, 0) is 56.1 Å². The molecule has 0 unspecified atom stereocenters. The van der Waals surface area contributed by atoms with Crippen LogP contribution >= 0.6 is 0 Å². The molecule has 0 spiro atoms. The Labute approximate surface area is 216 Å². The third-order valence-corrected chi connectivity index (χ3v) is 7.51. The van der Waals surface area contributed by atoms with Crippen molar-refractivity contribution in [2.24, 2.45) is 17.6 Å². The molecular weight excluding hydrogens is 450 g/mol. The zero-order valence-electron chi connectivity index (χ0n) is 22.7. The first-order chi connectivity index (χ1) is 16.9. The van der Waals surface area contributed by atoms with Gasteiger partial charge in [0.25, 0.3) is 0 Å². The number of hydrogen-bond acceptors (Lipinski definition) is 5. The van der Waals surface area contributed by atoms with Crippen molar-refractivity contribution in [3.05, 3.63) is 71.8 Å². The minimum Gasteiger partial charge on any atom is -0.462 e. The largest absolute Gasteiger partial charge is 0.462 e. The number of esters is 2. The minimum atomic E-state index is -0.971.